The molecule has 1 aliphatic heterocycles. The number of nitrogens with zero attached hydrogens (tertiary/aromatic N) is 1. The predicted molar refractivity (Wildman–Crippen MR) is 163 cm³/mol. The van der Waals surface area contributed by atoms with Crippen LogP contribution in [0.25, 0.3) is 6.08 Å². The summed E-state index contributed by atoms with van der Waals surface area (Å²) in [6.07, 6.45) is -3.08. The second kappa shape index (κ2) is 14.0. The number of alkyl halides is 3. The topological polar surface area (TPSA) is 103 Å². The van der Waals surface area contributed by atoms with Gasteiger partial charge in [0.2, 0.25) is 0 Å². The number of rotatable bonds is 10. The van der Waals surface area contributed by atoms with Gasteiger partial charge in [-0.1, -0.05) is 47.7 Å². The number of carbonyl (C=O) groups is 3. The molecule has 1 saturated heterocycles. The van der Waals surface area contributed by atoms with Gasteiger partial charge in [-0.25, -0.2) is 4.79 Å². The molecule has 0 unspecified atom stereocenters. The van der Waals surface area contributed by atoms with Crippen molar-refractivity contribution in [1.82, 2.24) is 0 Å². The van der Waals surface area contributed by atoms with Crippen LogP contribution in [0, 0.1) is 0 Å². The summed E-state index contributed by atoms with van der Waals surface area (Å²) in [5.74, 6) is -1.17. The molecule has 0 bridgehead atoms. The summed E-state index contributed by atoms with van der Waals surface area (Å²) in [5.41, 5.74) is -0.0200. The predicted octanol–water partition coefficient (Wildman–Crippen LogP) is 6.34. The zero-order valence-electron chi connectivity index (χ0n) is 22.9. The summed E-state index contributed by atoms with van der Waals surface area (Å²) >= 11 is 12.2. The average Bonchev–Trinajstić information content (AvgIpc) is 3.26. The lowest BCUT2D eigenvalue weighted by Crippen LogP contribution is -2.27. The van der Waals surface area contributed by atoms with E-state index in [4.69, 9.17) is 42.8 Å². The Balaban J connectivity index is 1.35. The van der Waals surface area contributed by atoms with Gasteiger partial charge >= 0.3 is 12.1 Å². The van der Waals surface area contributed by atoms with Crippen LogP contribution < -0.4 is 24.4 Å². The van der Waals surface area contributed by atoms with Gasteiger partial charge in [-0.2, -0.15) is 13.2 Å². The van der Waals surface area contributed by atoms with Crippen molar-refractivity contribution in [3.05, 3.63) is 81.7 Å². The van der Waals surface area contributed by atoms with E-state index in [9.17, 15) is 27.6 Å². The van der Waals surface area contributed by atoms with Crippen molar-refractivity contribution in [2.45, 2.75) is 6.18 Å². The van der Waals surface area contributed by atoms with Crippen molar-refractivity contribution in [3.8, 4) is 17.2 Å². The van der Waals surface area contributed by atoms with Crippen LogP contribution in [0.15, 0.2) is 65.6 Å². The van der Waals surface area contributed by atoms with Crippen LogP contribution in [0.1, 0.15) is 11.1 Å². The Bertz CT molecular complexity index is 1650. The summed E-state index contributed by atoms with van der Waals surface area (Å²) in [6, 6.07) is 13.6. The molecule has 1 fully saturated rings. The lowest BCUT2D eigenvalue weighted by Gasteiger charge is -2.16. The second-order valence-electron chi connectivity index (χ2n) is 8.82. The first-order valence-corrected chi connectivity index (χ1v) is 14.0. The molecular formula is C29H22ClF3N2O7S2. The van der Waals surface area contributed by atoms with Gasteiger partial charge in [0.1, 0.15) is 5.75 Å². The van der Waals surface area contributed by atoms with E-state index < -0.39 is 42.7 Å². The van der Waals surface area contributed by atoms with E-state index in [0.717, 1.165) is 28.8 Å². The van der Waals surface area contributed by atoms with Crippen LogP contribution in [0.5, 0.6) is 17.2 Å². The van der Waals surface area contributed by atoms with Gasteiger partial charge in [0.05, 0.1) is 35.4 Å². The highest BCUT2D eigenvalue weighted by molar-refractivity contribution is 8.27. The third kappa shape index (κ3) is 8.01. The maximum atomic E-state index is 13.2. The molecule has 0 saturated carbocycles. The minimum Gasteiger partial charge on any atom is -0.495 e. The molecule has 3 aromatic carbocycles. The Kier molecular flexibility index (Phi) is 10.4. The number of methoxy groups -OCH3 is 2. The van der Waals surface area contributed by atoms with Crippen molar-refractivity contribution in [2.24, 2.45) is 0 Å². The lowest BCUT2D eigenvalue weighted by molar-refractivity contribution is -0.149. The Morgan fingerprint density at radius 1 is 1.00 bits per heavy atom. The van der Waals surface area contributed by atoms with Crippen molar-refractivity contribution in [3.63, 3.8) is 0 Å². The molecule has 9 nitrogen and oxygen atoms in total. The van der Waals surface area contributed by atoms with Crippen LogP contribution >= 0.6 is 35.6 Å². The molecule has 0 aromatic heterocycles. The van der Waals surface area contributed by atoms with Gasteiger partial charge in [-0.3, -0.25) is 14.5 Å². The molecule has 1 heterocycles. The monoisotopic (exact) mass is 666 g/mol. The standard InChI is InChI=1S/C29H22ClF3N2O7S2/c1-39-21-9-7-18(13-20(21)30)34-25(36)14-42-26(37)15-41-22-8-6-16(10-23(22)40-2)11-24-27(38)35(28(43)44-24)19-5-3-4-17(12-19)29(31,32)33/h3-13H,14-15H2,1-2H3,(H,34,36)/b24-11+. The highest BCUT2D eigenvalue weighted by atomic mass is 35.5. The van der Waals surface area contributed by atoms with E-state index >= 15 is 0 Å². The Labute approximate surface area is 263 Å². The van der Waals surface area contributed by atoms with E-state index in [1.54, 1.807) is 18.2 Å². The smallest absolute Gasteiger partial charge is 0.416 e. The highest BCUT2D eigenvalue weighted by Gasteiger charge is 2.36. The highest BCUT2D eigenvalue weighted by Crippen LogP contribution is 2.39. The SMILES string of the molecule is COc1ccc(NC(=O)COC(=O)COc2ccc(/C=C3/SC(=S)N(c4cccc(C(F)(F)F)c4)C3=O)cc2OC)cc1Cl. The fourth-order valence-electron chi connectivity index (χ4n) is 3.82. The molecule has 0 atom stereocenters. The van der Waals surface area contributed by atoms with Gasteiger partial charge in [-0.15, -0.1) is 0 Å². The first-order chi connectivity index (χ1) is 20.9. The van der Waals surface area contributed by atoms with Gasteiger partial charge < -0.3 is 24.3 Å². The number of benzene rings is 3. The summed E-state index contributed by atoms with van der Waals surface area (Å²) in [6.45, 7) is -1.10. The lowest BCUT2D eigenvalue weighted by atomic mass is 10.1. The van der Waals surface area contributed by atoms with E-state index in [2.05, 4.69) is 5.32 Å². The Morgan fingerprint density at radius 2 is 1.73 bits per heavy atom. The summed E-state index contributed by atoms with van der Waals surface area (Å²) in [5, 5.41) is 2.83. The molecule has 1 N–H and O–H groups in total. The van der Waals surface area contributed by atoms with Crippen LogP contribution in [-0.4, -0.2) is 49.5 Å². The first-order valence-electron chi connectivity index (χ1n) is 12.4. The molecule has 0 radical (unpaired) electrons. The molecule has 15 heteroatoms. The summed E-state index contributed by atoms with van der Waals surface area (Å²) in [4.78, 5) is 38.6. The van der Waals surface area contributed by atoms with E-state index in [1.165, 1.54) is 50.6 Å². The fraction of sp³-hybridized carbons (Fsp3) is 0.172. The van der Waals surface area contributed by atoms with Crippen molar-refractivity contribution >= 4 is 75.1 Å². The number of esters is 1. The molecule has 0 spiro atoms. The normalized spacial score (nSPS) is 14.0. The summed E-state index contributed by atoms with van der Waals surface area (Å²) < 4.78 is 60.4. The van der Waals surface area contributed by atoms with Crippen LogP contribution in [0.3, 0.4) is 0 Å². The van der Waals surface area contributed by atoms with Crippen LogP contribution in [-0.2, 0) is 25.3 Å². The zero-order chi connectivity index (χ0) is 32.0. The number of ether oxygens (including phenoxy) is 4. The molecule has 44 heavy (non-hydrogen) atoms. The first kappa shape index (κ1) is 32.6. The molecule has 1 aliphatic rings. The fourth-order valence-corrected chi connectivity index (χ4v) is 5.38. The summed E-state index contributed by atoms with van der Waals surface area (Å²) in [7, 11) is 2.83. The number of thioether (sulfide) groups is 1. The minimum absolute atomic E-state index is 0.00144. The number of anilines is 2. The zero-order valence-corrected chi connectivity index (χ0v) is 25.3. The maximum Gasteiger partial charge on any atom is 0.416 e. The quantitative estimate of drug-likeness (QED) is 0.151. The molecular weight excluding hydrogens is 645 g/mol. The molecule has 230 valence electrons. The molecule has 2 amide bonds. The molecule has 0 aliphatic carbocycles. The number of amides is 2. The van der Waals surface area contributed by atoms with E-state index in [-0.39, 0.29) is 26.4 Å². The number of halogens is 4. The maximum absolute atomic E-state index is 13.2. The van der Waals surface area contributed by atoms with Gasteiger partial charge in [0, 0.05) is 5.69 Å². The van der Waals surface area contributed by atoms with Crippen LogP contribution in [0.4, 0.5) is 24.5 Å². The second-order valence-corrected chi connectivity index (χ2v) is 10.9. The number of carbonyl (C=O) groups excluding carboxylic acids is 3. The van der Waals surface area contributed by atoms with E-state index in [1.807, 2.05) is 0 Å². The van der Waals surface area contributed by atoms with Crippen LogP contribution in [0.2, 0.25) is 5.02 Å². The Morgan fingerprint density at radius 3 is 2.41 bits per heavy atom. The number of nitrogens with one attached hydrogen (secondary N) is 1. The van der Waals surface area contributed by atoms with E-state index in [0.29, 0.717) is 22.0 Å². The average molecular weight is 667 g/mol. The number of hydrogen-bond donors (Lipinski definition) is 1. The van der Waals surface area contributed by atoms with Crippen molar-refractivity contribution < 1.29 is 46.5 Å². The van der Waals surface area contributed by atoms with Gasteiger partial charge in [-0.05, 0) is 60.2 Å². The molecule has 4 rings (SSSR count). The van der Waals surface area contributed by atoms with Crippen molar-refractivity contribution in [2.75, 3.05) is 37.7 Å². The van der Waals surface area contributed by atoms with Crippen molar-refractivity contribution in [1.29, 1.82) is 0 Å². The third-order valence-electron chi connectivity index (χ3n) is 5.86. The molecule has 3 aromatic rings. The minimum atomic E-state index is -4.58. The largest absolute Gasteiger partial charge is 0.495 e. The van der Waals surface area contributed by atoms with Gasteiger partial charge in [0.15, 0.2) is 29.0 Å². The number of hydrogen-bond acceptors (Lipinski definition) is 9. The Hall–Kier alpha value is -4.27. The number of thiocarbonyl (C=S) groups is 1. The van der Waals surface area contributed by atoms with Gasteiger partial charge in [0.25, 0.3) is 11.8 Å². The third-order valence-corrected chi connectivity index (χ3v) is 7.45.